The predicted molar refractivity (Wildman–Crippen MR) is 103 cm³/mol. The van der Waals surface area contributed by atoms with Crippen molar-refractivity contribution < 1.29 is 22.4 Å². The van der Waals surface area contributed by atoms with Crippen LogP contribution < -0.4 is 10.9 Å². The molecule has 1 unspecified atom stereocenters. The second kappa shape index (κ2) is 8.36. The van der Waals surface area contributed by atoms with E-state index in [4.69, 9.17) is 0 Å². The number of hydrogen-bond acceptors (Lipinski definition) is 6. The number of rotatable bonds is 5. The van der Waals surface area contributed by atoms with Crippen LogP contribution in [0.4, 0.5) is 4.39 Å². The third-order valence-electron chi connectivity index (χ3n) is 4.43. The zero-order valence-electron chi connectivity index (χ0n) is 15.2. The van der Waals surface area contributed by atoms with Crippen molar-refractivity contribution in [3.63, 3.8) is 0 Å². The lowest BCUT2D eigenvalue weighted by Gasteiger charge is -2.09. The molecule has 1 atom stereocenters. The molecule has 2 heterocycles. The molecule has 2 N–H and O–H groups in total. The highest BCUT2D eigenvalue weighted by Gasteiger charge is 2.29. The molecule has 10 heteroatoms. The van der Waals surface area contributed by atoms with Crippen LogP contribution in [-0.4, -0.2) is 36.7 Å². The fourth-order valence-corrected chi connectivity index (χ4v) is 5.90. The van der Waals surface area contributed by atoms with E-state index >= 15 is 0 Å². The van der Waals surface area contributed by atoms with Crippen molar-refractivity contribution in [2.75, 3.05) is 11.5 Å². The number of thiazole rings is 1. The van der Waals surface area contributed by atoms with Crippen LogP contribution in [0.2, 0.25) is 0 Å². The highest BCUT2D eigenvalue weighted by atomic mass is 32.2. The second-order valence-corrected chi connectivity index (χ2v) is 10.1. The lowest BCUT2D eigenvalue weighted by Crippen LogP contribution is -2.42. The average molecular weight is 426 g/mol. The average Bonchev–Trinajstić information content (AvgIpc) is 3.16. The van der Waals surface area contributed by atoms with Crippen LogP contribution in [-0.2, 0) is 21.1 Å². The molecule has 0 aliphatic carbocycles. The van der Waals surface area contributed by atoms with Gasteiger partial charge in [-0.2, -0.15) is 0 Å². The highest BCUT2D eigenvalue weighted by molar-refractivity contribution is 7.91. The topological polar surface area (TPSA) is 105 Å². The molecule has 7 nitrogen and oxygen atoms in total. The Morgan fingerprint density at radius 1 is 1.25 bits per heavy atom. The maximum Gasteiger partial charge on any atom is 0.281 e. The maximum atomic E-state index is 13.0. The Bertz CT molecular complexity index is 987. The van der Waals surface area contributed by atoms with Gasteiger partial charge < -0.3 is 0 Å². The number of amides is 2. The number of aromatic nitrogens is 1. The summed E-state index contributed by atoms with van der Waals surface area (Å²) in [5.74, 6) is -1.32. The third-order valence-corrected chi connectivity index (χ3v) is 7.43. The molecule has 28 heavy (non-hydrogen) atoms. The summed E-state index contributed by atoms with van der Waals surface area (Å²) in [7, 11) is -3.04. The van der Waals surface area contributed by atoms with Gasteiger partial charge in [-0.15, -0.1) is 11.3 Å². The summed E-state index contributed by atoms with van der Waals surface area (Å²) in [4.78, 5) is 29.0. The number of aryl methyl sites for hydroxylation is 1. The molecule has 1 aliphatic rings. The van der Waals surface area contributed by atoms with E-state index in [0.717, 1.165) is 5.56 Å². The van der Waals surface area contributed by atoms with E-state index in [1.807, 2.05) is 0 Å². The van der Waals surface area contributed by atoms with Crippen LogP contribution >= 0.6 is 11.3 Å². The van der Waals surface area contributed by atoms with E-state index in [0.29, 0.717) is 28.4 Å². The fraction of sp³-hybridized carbons (Fsp3) is 0.389. The normalized spacial score (nSPS) is 18.0. The zero-order valence-corrected chi connectivity index (χ0v) is 16.8. The number of hydrazine groups is 1. The quantitative estimate of drug-likeness (QED) is 0.711. The van der Waals surface area contributed by atoms with Crippen LogP contribution in [0, 0.1) is 18.7 Å². The van der Waals surface area contributed by atoms with Crippen molar-refractivity contribution in [2.24, 2.45) is 5.92 Å². The van der Waals surface area contributed by atoms with Gasteiger partial charge in [0.2, 0.25) is 5.91 Å². The predicted octanol–water partition coefficient (Wildman–Crippen LogP) is 1.77. The number of halogens is 1. The number of hydrogen-bond donors (Lipinski definition) is 2. The summed E-state index contributed by atoms with van der Waals surface area (Å²) in [6, 6.07) is 6.06. The Morgan fingerprint density at radius 3 is 2.61 bits per heavy atom. The first-order valence-electron chi connectivity index (χ1n) is 8.72. The van der Waals surface area contributed by atoms with Crippen molar-refractivity contribution in [3.05, 3.63) is 51.2 Å². The summed E-state index contributed by atoms with van der Waals surface area (Å²) in [6.07, 6.45) is 0.989. The van der Waals surface area contributed by atoms with E-state index in [1.165, 1.54) is 23.5 Å². The van der Waals surface area contributed by atoms with Gasteiger partial charge >= 0.3 is 0 Å². The Labute approximate surface area is 166 Å². The molecule has 0 bridgehead atoms. The molecule has 1 saturated heterocycles. The summed E-state index contributed by atoms with van der Waals surface area (Å²) in [5, 5.41) is 0.705. The summed E-state index contributed by atoms with van der Waals surface area (Å²) < 4.78 is 35.9. The van der Waals surface area contributed by atoms with E-state index in [-0.39, 0.29) is 29.7 Å². The molecular formula is C18H20FN3O4S2. The van der Waals surface area contributed by atoms with Crippen molar-refractivity contribution in [3.8, 4) is 0 Å². The third kappa shape index (κ3) is 5.35. The second-order valence-electron chi connectivity index (χ2n) is 6.80. The summed E-state index contributed by atoms with van der Waals surface area (Å²) >= 11 is 1.20. The highest BCUT2D eigenvalue weighted by Crippen LogP contribution is 2.22. The van der Waals surface area contributed by atoms with Crippen LogP contribution in [0.3, 0.4) is 0 Å². The maximum absolute atomic E-state index is 13.0. The number of nitrogens with zero attached hydrogens (tertiary/aromatic N) is 1. The van der Waals surface area contributed by atoms with Gasteiger partial charge in [0.1, 0.15) is 10.7 Å². The van der Waals surface area contributed by atoms with Crippen molar-refractivity contribution in [1.82, 2.24) is 15.8 Å². The number of carbonyl (C=O) groups is 2. The van der Waals surface area contributed by atoms with Gasteiger partial charge in [0.05, 0.1) is 22.2 Å². The Kier molecular flexibility index (Phi) is 6.09. The smallest absolute Gasteiger partial charge is 0.273 e. The SMILES string of the molecule is Cc1nc(Cc2ccc(F)cc2)sc1C(=O)NNC(=O)CC1CCS(=O)(=O)C1. The first kappa shape index (κ1) is 20.4. The Morgan fingerprint density at radius 2 is 1.96 bits per heavy atom. The lowest BCUT2D eigenvalue weighted by molar-refractivity contribution is -0.122. The van der Waals surface area contributed by atoms with E-state index in [1.54, 1.807) is 19.1 Å². The van der Waals surface area contributed by atoms with Crippen LogP contribution in [0.25, 0.3) is 0 Å². The standard InChI is InChI=1S/C18H20FN3O4S2/c1-11-17(27-16(20-11)9-12-2-4-14(19)5-3-12)18(24)22-21-15(23)8-13-6-7-28(25,26)10-13/h2-5,13H,6-10H2,1H3,(H,21,23)(H,22,24). The van der Waals surface area contributed by atoms with Gasteiger partial charge in [-0.1, -0.05) is 12.1 Å². The first-order valence-corrected chi connectivity index (χ1v) is 11.4. The molecule has 2 aromatic rings. The molecule has 2 amide bonds. The van der Waals surface area contributed by atoms with Crippen molar-refractivity contribution in [2.45, 2.75) is 26.2 Å². The van der Waals surface area contributed by atoms with E-state index in [2.05, 4.69) is 15.8 Å². The Balaban J connectivity index is 1.53. The molecule has 1 aromatic heterocycles. The summed E-state index contributed by atoms with van der Waals surface area (Å²) in [6.45, 7) is 1.70. The lowest BCUT2D eigenvalue weighted by atomic mass is 10.1. The minimum absolute atomic E-state index is 0.00899. The van der Waals surface area contributed by atoms with Gasteiger partial charge in [0.25, 0.3) is 5.91 Å². The Hall–Kier alpha value is -2.33. The minimum atomic E-state index is -3.04. The largest absolute Gasteiger partial charge is 0.281 e. The molecule has 0 spiro atoms. The fourth-order valence-electron chi connectivity index (χ4n) is 3.04. The number of sulfone groups is 1. The van der Waals surface area contributed by atoms with E-state index < -0.39 is 21.7 Å². The number of nitrogens with one attached hydrogen (secondary N) is 2. The van der Waals surface area contributed by atoms with Gasteiger partial charge in [0.15, 0.2) is 9.84 Å². The molecule has 150 valence electrons. The van der Waals surface area contributed by atoms with Gasteiger partial charge in [-0.25, -0.2) is 17.8 Å². The van der Waals surface area contributed by atoms with Crippen LogP contribution in [0.5, 0.6) is 0 Å². The van der Waals surface area contributed by atoms with Gasteiger partial charge in [-0.05, 0) is 37.0 Å². The van der Waals surface area contributed by atoms with Gasteiger partial charge in [-0.3, -0.25) is 20.4 Å². The molecule has 1 aromatic carbocycles. The van der Waals surface area contributed by atoms with Crippen molar-refractivity contribution >= 4 is 33.0 Å². The molecule has 3 rings (SSSR count). The zero-order chi connectivity index (χ0) is 20.3. The molecule has 1 fully saturated rings. The number of benzene rings is 1. The minimum Gasteiger partial charge on any atom is -0.273 e. The molecule has 0 radical (unpaired) electrons. The summed E-state index contributed by atoms with van der Waals surface area (Å²) in [5.41, 5.74) is 6.10. The molecule has 0 saturated carbocycles. The van der Waals surface area contributed by atoms with Crippen LogP contribution in [0.1, 0.15) is 38.8 Å². The first-order chi connectivity index (χ1) is 13.2. The van der Waals surface area contributed by atoms with Gasteiger partial charge in [0, 0.05) is 12.8 Å². The monoisotopic (exact) mass is 425 g/mol. The van der Waals surface area contributed by atoms with Crippen molar-refractivity contribution in [1.29, 1.82) is 0 Å². The molecule has 1 aliphatic heterocycles. The molecular weight excluding hydrogens is 405 g/mol. The van der Waals surface area contributed by atoms with E-state index in [9.17, 15) is 22.4 Å². The van der Waals surface area contributed by atoms with Crippen LogP contribution in [0.15, 0.2) is 24.3 Å². The number of carbonyl (C=O) groups excluding carboxylic acids is 2.